The van der Waals surface area contributed by atoms with Gasteiger partial charge in [0, 0.05) is 0 Å². The smallest absolute Gasteiger partial charge is 0.337 e. The number of para-hydroxylation sites is 1. The molecule has 1 amide bonds. The number of benzene rings is 2. The Hall–Kier alpha value is -2.84. The van der Waals surface area contributed by atoms with Crippen molar-refractivity contribution in [3.63, 3.8) is 0 Å². The number of ether oxygens (including phenoxy) is 2. The third kappa shape index (κ3) is 2.83. The van der Waals surface area contributed by atoms with E-state index in [1.54, 1.807) is 36.4 Å². The number of amides is 1. The lowest BCUT2D eigenvalue weighted by Crippen LogP contribution is -2.29. The molecule has 0 aromatic heterocycles. The molecule has 130 valence electrons. The normalized spacial score (nSPS) is 17.2. The Balaban J connectivity index is 1.69. The van der Waals surface area contributed by atoms with Crippen molar-refractivity contribution in [3.05, 3.63) is 58.5 Å². The van der Waals surface area contributed by atoms with Crippen molar-refractivity contribution < 1.29 is 24.2 Å². The first kappa shape index (κ1) is 16.6. The number of carbonyl (C=O) groups excluding carboxylic acids is 1. The van der Waals surface area contributed by atoms with Gasteiger partial charge in [-0.2, -0.15) is 0 Å². The molecule has 2 aromatic carbocycles. The number of carboxylic acids is 1. The molecule has 0 atom stereocenters. The quantitative estimate of drug-likeness (QED) is 0.640. The number of nitrogens with zero attached hydrogens (tertiary/aromatic N) is 1. The van der Waals surface area contributed by atoms with Crippen LogP contribution >= 0.6 is 24.0 Å². The van der Waals surface area contributed by atoms with E-state index in [9.17, 15) is 14.7 Å². The minimum absolute atomic E-state index is 0.0214. The van der Waals surface area contributed by atoms with Crippen LogP contribution in [-0.2, 0) is 4.79 Å². The van der Waals surface area contributed by atoms with E-state index >= 15 is 0 Å². The van der Waals surface area contributed by atoms with Crippen LogP contribution < -0.4 is 14.4 Å². The van der Waals surface area contributed by atoms with E-state index < -0.39 is 5.97 Å². The van der Waals surface area contributed by atoms with Crippen LogP contribution in [0.15, 0.2) is 47.4 Å². The molecule has 1 N–H and O–H groups in total. The number of hydrogen-bond donors (Lipinski definition) is 1. The van der Waals surface area contributed by atoms with E-state index in [1.165, 1.54) is 11.0 Å². The molecular weight excluding hydrogens is 374 g/mol. The van der Waals surface area contributed by atoms with Gasteiger partial charge in [0.15, 0.2) is 15.8 Å². The maximum atomic E-state index is 12.8. The van der Waals surface area contributed by atoms with Gasteiger partial charge in [-0.15, -0.1) is 0 Å². The van der Waals surface area contributed by atoms with Crippen molar-refractivity contribution in [2.45, 2.75) is 0 Å². The maximum Gasteiger partial charge on any atom is 0.337 e. The molecule has 2 aliphatic heterocycles. The summed E-state index contributed by atoms with van der Waals surface area (Å²) in [5, 5.41) is 9.36. The molecule has 2 aliphatic rings. The van der Waals surface area contributed by atoms with Crippen molar-refractivity contribution in [2.24, 2.45) is 0 Å². The fraction of sp³-hybridized carbons (Fsp3) is 0.0556. The SMILES string of the molecule is O=C(O)c1ccccc1N1C(=O)/C(=C/c2ccc3c(c2)OCO3)SC1=S. The van der Waals surface area contributed by atoms with Crippen LogP contribution in [0.1, 0.15) is 15.9 Å². The predicted octanol–water partition coefficient (Wildman–Crippen LogP) is 3.52. The summed E-state index contributed by atoms with van der Waals surface area (Å²) in [7, 11) is 0. The van der Waals surface area contributed by atoms with Gasteiger partial charge < -0.3 is 14.6 Å². The highest BCUT2D eigenvalue weighted by atomic mass is 32.2. The summed E-state index contributed by atoms with van der Waals surface area (Å²) in [4.78, 5) is 25.9. The monoisotopic (exact) mass is 385 g/mol. The topological polar surface area (TPSA) is 76.1 Å². The number of anilines is 1. The average molecular weight is 385 g/mol. The van der Waals surface area contributed by atoms with E-state index in [0.29, 0.717) is 16.4 Å². The number of rotatable bonds is 3. The molecule has 0 bridgehead atoms. The fourth-order valence-corrected chi connectivity index (χ4v) is 3.96. The molecule has 2 heterocycles. The molecule has 1 saturated heterocycles. The fourth-order valence-electron chi connectivity index (χ4n) is 2.68. The minimum atomic E-state index is -1.12. The Morgan fingerprint density at radius 2 is 1.96 bits per heavy atom. The molecule has 0 radical (unpaired) electrons. The van der Waals surface area contributed by atoms with Crippen molar-refractivity contribution in [3.8, 4) is 11.5 Å². The first-order valence-electron chi connectivity index (χ1n) is 7.54. The lowest BCUT2D eigenvalue weighted by molar-refractivity contribution is -0.113. The molecule has 0 aliphatic carbocycles. The standard InChI is InChI=1S/C18H11NO5S2/c20-16-15(8-10-5-6-13-14(7-10)24-9-23-13)26-18(25)19(16)12-4-2-1-3-11(12)17(21)22/h1-8H,9H2,(H,21,22)/b15-8-. The van der Waals surface area contributed by atoms with Crippen molar-refractivity contribution in [1.82, 2.24) is 0 Å². The molecule has 8 heteroatoms. The first-order chi connectivity index (χ1) is 12.5. The summed E-state index contributed by atoms with van der Waals surface area (Å²) >= 11 is 6.44. The second kappa shape index (κ2) is 6.47. The summed E-state index contributed by atoms with van der Waals surface area (Å²) in [5.74, 6) is -0.198. The van der Waals surface area contributed by atoms with Crippen LogP contribution in [-0.4, -0.2) is 28.1 Å². The zero-order chi connectivity index (χ0) is 18.3. The summed E-state index contributed by atoms with van der Waals surface area (Å²) in [5.41, 5.74) is 1.05. The number of thiocarbonyl (C=S) groups is 1. The van der Waals surface area contributed by atoms with Crippen LogP contribution in [0, 0.1) is 0 Å². The molecule has 2 aromatic rings. The van der Waals surface area contributed by atoms with Crippen molar-refractivity contribution in [2.75, 3.05) is 11.7 Å². The Morgan fingerprint density at radius 1 is 1.19 bits per heavy atom. The van der Waals surface area contributed by atoms with Crippen LogP contribution in [0.2, 0.25) is 0 Å². The zero-order valence-electron chi connectivity index (χ0n) is 13.2. The van der Waals surface area contributed by atoms with Crippen LogP contribution in [0.4, 0.5) is 5.69 Å². The Bertz CT molecular complexity index is 985. The molecule has 1 fully saturated rings. The summed E-state index contributed by atoms with van der Waals surface area (Å²) in [6.45, 7) is 0.173. The second-order valence-corrected chi connectivity index (χ2v) is 7.13. The molecule has 0 spiro atoms. The summed E-state index contributed by atoms with van der Waals surface area (Å²) < 4.78 is 10.9. The molecule has 4 rings (SSSR count). The number of fused-ring (bicyclic) bond motifs is 1. The van der Waals surface area contributed by atoms with Crippen molar-refractivity contribution in [1.29, 1.82) is 0 Å². The van der Waals surface area contributed by atoms with E-state index in [1.807, 2.05) is 6.07 Å². The molecule has 0 unspecified atom stereocenters. The number of aromatic carboxylic acids is 1. The minimum Gasteiger partial charge on any atom is -0.478 e. The highest BCUT2D eigenvalue weighted by molar-refractivity contribution is 8.27. The van der Waals surface area contributed by atoms with Gasteiger partial charge in [0.2, 0.25) is 6.79 Å². The van der Waals surface area contributed by atoms with Crippen LogP contribution in [0.3, 0.4) is 0 Å². The Labute approximate surface area is 158 Å². The third-order valence-electron chi connectivity index (χ3n) is 3.86. The second-order valence-electron chi connectivity index (χ2n) is 5.45. The van der Waals surface area contributed by atoms with E-state index in [2.05, 4.69) is 0 Å². The molecular formula is C18H11NO5S2. The van der Waals surface area contributed by atoms with Gasteiger partial charge in [-0.3, -0.25) is 9.69 Å². The van der Waals surface area contributed by atoms with Crippen LogP contribution in [0.5, 0.6) is 11.5 Å². The van der Waals surface area contributed by atoms with Gasteiger partial charge >= 0.3 is 5.97 Å². The number of thioether (sulfide) groups is 1. The zero-order valence-corrected chi connectivity index (χ0v) is 14.8. The highest BCUT2D eigenvalue weighted by Crippen LogP contribution is 2.39. The van der Waals surface area contributed by atoms with Crippen molar-refractivity contribution >= 4 is 51.9 Å². The maximum absolute atomic E-state index is 12.8. The molecule has 0 saturated carbocycles. The largest absolute Gasteiger partial charge is 0.478 e. The van der Waals surface area contributed by atoms with E-state index in [4.69, 9.17) is 21.7 Å². The van der Waals surface area contributed by atoms with Gasteiger partial charge in [-0.25, -0.2) is 4.79 Å². The molecule has 6 nitrogen and oxygen atoms in total. The first-order valence-corrected chi connectivity index (χ1v) is 8.77. The van der Waals surface area contributed by atoms with Crippen LogP contribution in [0.25, 0.3) is 6.08 Å². The van der Waals surface area contributed by atoms with E-state index in [0.717, 1.165) is 17.3 Å². The lowest BCUT2D eigenvalue weighted by atomic mass is 10.1. The highest BCUT2D eigenvalue weighted by Gasteiger charge is 2.35. The lowest BCUT2D eigenvalue weighted by Gasteiger charge is -2.16. The number of hydrogen-bond acceptors (Lipinski definition) is 6. The Kier molecular flexibility index (Phi) is 4.14. The average Bonchev–Trinajstić information content (AvgIpc) is 3.19. The number of carboxylic acid groups (broad SMARTS) is 1. The van der Waals surface area contributed by atoms with Gasteiger partial charge in [-0.05, 0) is 35.9 Å². The summed E-state index contributed by atoms with van der Waals surface area (Å²) in [6.07, 6.45) is 1.70. The van der Waals surface area contributed by atoms with E-state index in [-0.39, 0.29) is 28.3 Å². The van der Waals surface area contributed by atoms with Gasteiger partial charge in [0.05, 0.1) is 16.2 Å². The van der Waals surface area contributed by atoms with Gasteiger partial charge in [-0.1, -0.05) is 42.2 Å². The Morgan fingerprint density at radius 3 is 2.77 bits per heavy atom. The molecule has 26 heavy (non-hydrogen) atoms. The predicted molar refractivity (Wildman–Crippen MR) is 102 cm³/mol. The summed E-state index contributed by atoms with van der Waals surface area (Å²) in [6, 6.07) is 11.6. The third-order valence-corrected chi connectivity index (χ3v) is 5.17. The number of carbonyl (C=O) groups is 2. The van der Waals surface area contributed by atoms with Gasteiger partial charge in [0.25, 0.3) is 5.91 Å². The van der Waals surface area contributed by atoms with Gasteiger partial charge in [0.1, 0.15) is 0 Å².